The Bertz CT molecular complexity index is 1290. The van der Waals surface area contributed by atoms with Gasteiger partial charge in [-0.05, 0) is 50.1 Å². The first-order valence-corrected chi connectivity index (χ1v) is 10.8. The van der Waals surface area contributed by atoms with Crippen LogP contribution in [0.25, 0.3) is 11.0 Å². The predicted octanol–water partition coefficient (Wildman–Crippen LogP) is 4.12. The standard InChI is InChI=1S/C22H20N6O2S/c1-12-18-16(11-17(13-3-4-13)25-19(18)28(2)27-12)21(30)24-15-7-5-14(6-8-15)20(29)26-22-23-9-10-31-22/h5-11,13H,3-4H2,1-2H3,(H,24,30)(H,23,26,29). The topological polar surface area (TPSA) is 102 Å². The largest absolute Gasteiger partial charge is 0.322 e. The molecule has 8 nitrogen and oxygen atoms in total. The molecule has 0 spiro atoms. The molecule has 0 aliphatic heterocycles. The van der Waals surface area contributed by atoms with Gasteiger partial charge in [0.05, 0.1) is 16.6 Å². The Morgan fingerprint density at radius 1 is 1.13 bits per heavy atom. The minimum absolute atomic E-state index is 0.217. The van der Waals surface area contributed by atoms with Crippen LogP contribution in [-0.4, -0.2) is 31.6 Å². The molecule has 1 aliphatic rings. The van der Waals surface area contributed by atoms with Crippen LogP contribution in [0.3, 0.4) is 0 Å². The van der Waals surface area contributed by atoms with Crippen LogP contribution < -0.4 is 10.6 Å². The molecule has 0 unspecified atom stereocenters. The Hall–Kier alpha value is -3.59. The Morgan fingerprint density at radius 2 is 1.90 bits per heavy atom. The van der Waals surface area contributed by atoms with E-state index in [0.717, 1.165) is 35.3 Å². The third-order valence-electron chi connectivity index (χ3n) is 5.29. The zero-order valence-electron chi connectivity index (χ0n) is 17.0. The van der Waals surface area contributed by atoms with Gasteiger partial charge in [-0.1, -0.05) is 0 Å². The van der Waals surface area contributed by atoms with Crippen molar-refractivity contribution >= 4 is 45.0 Å². The summed E-state index contributed by atoms with van der Waals surface area (Å²) in [6.45, 7) is 1.88. The second-order valence-electron chi connectivity index (χ2n) is 7.60. The van der Waals surface area contributed by atoms with E-state index in [4.69, 9.17) is 4.98 Å². The van der Waals surface area contributed by atoms with E-state index in [1.807, 2.05) is 20.0 Å². The number of benzene rings is 1. The van der Waals surface area contributed by atoms with Gasteiger partial charge in [0.15, 0.2) is 10.8 Å². The average molecular weight is 433 g/mol. The first-order chi connectivity index (χ1) is 15.0. The number of nitrogens with one attached hydrogen (secondary N) is 2. The van der Waals surface area contributed by atoms with E-state index in [9.17, 15) is 9.59 Å². The van der Waals surface area contributed by atoms with Crippen molar-refractivity contribution in [1.29, 1.82) is 0 Å². The quantitative estimate of drug-likeness (QED) is 0.494. The molecule has 9 heteroatoms. The number of rotatable bonds is 5. The van der Waals surface area contributed by atoms with Crippen LogP contribution in [0, 0.1) is 6.92 Å². The minimum atomic E-state index is -0.247. The maximum atomic E-state index is 13.2. The monoisotopic (exact) mass is 432 g/mol. The zero-order chi connectivity index (χ0) is 21.5. The summed E-state index contributed by atoms with van der Waals surface area (Å²) in [4.78, 5) is 34.3. The molecule has 1 aromatic carbocycles. The molecule has 4 aromatic rings. The lowest BCUT2D eigenvalue weighted by molar-refractivity contribution is 0.102. The van der Waals surface area contributed by atoms with Gasteiger partial charge in [0.25, 0.3) is 11.8 Å². The lowest BCUT2D eigenvalue weighted by atomic mass is 10.1. The highest BCUT2D eigenvalue weighted by Crippen LogP contribution is 2.40. The summed E-state index contributed by atoms with van der Waals surface area (Å²) in [5, 5.41) is 13.2. The van der Waals surface area contributed by atoms with E-state index >= 15 is 0 Å². The third-order valence-corrected chi connectivity index (χ3v) is 5.98. The van der Waals surface area contributed by atoms with Crippen molar-refractivity contribution in [1.82, 2.24) is 19.7 Å². The summed E-state index contributed by atoms with van der Waals surface area (Å²) < 4.78 is 1.73. The Labute approximate surface area is 182 Å². The normalized spacial score (nSPS) is 13.4. The molecule has 156 valence electrons. The molecule has 0 bridgehead atoms. The minimum Gasteiger partial charge on any atom is -0.322 e. The predicted molar refractivity (Wildman–Crippen MR) is 120 cm³/mol. The molecule has 0 saturated heterocycles. The van der Waals surface area contributed by atoms with Gasteiger partial charge >= 0.3 is 0 Å². The van der Waals surface area contributed by atoms with Gasteiger partial charge in [-0.15, -0.1) is 11.3 Å². The van der Waals surface area contributed by atoms with Gasteiger partial charge in [0, 0.05) is 41.5 Å². The highest BCUT2D eigenvalue weighted by atomic mass is 32.1. The smallest absolute Gasteiger partial charge is 0.257 e. The van der Waals surface area contributed by atoms with E-state index < -0.39 is 0 Å². The number of nitrogens with zero attached hydrogens (tertiary/aromatic N) is 4. The van der Waals surface area contributed by atoms with E-state index in [1.54, 1.807) is 40.5 Å². The number of aryl methyl sites for hydroxylation is 2. The maximum Gasteiger partial charge on any atom is 0.257 e. The second kappa shape index (κ2) is 7.59. The van der Waals surface area contributed by atoms with Gasteiger partial charge in [0.1, 0.15) is 0 Å². The van der Waals surface area contributed by atoms with E-state index in [1.165, 1.54) is 11.3 Å². The van der Waals surface area contributed by atoms with Gasteiger partial charge in [-0.2, -0.15) is 5.10 Å². The molecule has 3 aromatic heterocycles. The summed E-state index contributed by atoms with van der Waals surface area (Å²) in [6, 6.07) is 8.66. The molecule has 0 radical (unpaired) electrons. The van der Waals surface area contributed by atoms with E-state index in [0.29, 0.717) is 27.9 Å². The number of carbonyl (C=O) groups is 2. The number of carbonyl (C=O) groups excluding carboxylic acids is 2. The van der Waals surface area contributed by atoms with Crippen LogP contribution >= 0.6 is 11.3 Å². The number of hydrogen-bond acceptors (Lipinski definition) is 6. The summed E-state index contributed by atoms with van der Waals surface area (Å²) >= 11 is 1.35. The lowest BCUT2D eigenvalue weighted by Crippen LogP contribution is -2.15. The molecule has 1 fully saturated rings. The van der Waals surface area contributed by atoms with Crippen LogP contribution in [-0.2, 0) is 7.05 Å². The Kier molecular flexibility index (Phi) is 4.74. The van der Waals surface area contributed by atoms with E-state index in [2.05, 4.69) is 20.7 Å². The fraction of sp³-hybridized carbons (Fsp3) is 0.227. The van der Waals surface area contributed by atoms with Crippen molar-refractivity contribution in [3.63, 3.8) is 0 Å². The van der Waals surface area contributed by atoms with Crippen LogP contribution in [0.1, 0.15) is 50.9 Å². The van der Waals surface area contributed by atoms with E-state index in [-0.39, 0.29) is 11.8 Å². The van der Waals surface area contributed by atoms with Gasteiger partial charge < -0.3 is 5.32 Å². The SMILES string of the molecule is Cc1nn(C)c2nc(C3CC3)cc(C(=O)Nc3ccc(C(=O)Nc4nccs4)cc3)c12. The molecule has 3 heterocycles. The van der Waals surface area contributed by atoms with Crippen LogP contribution in [0.5, 0.6) is 0 Å². The van der Waals surface area contributed by atoms with Crippen molar-refractivity contribution in [3.8, 4) is 0 Å². The number of pyridine rings is 1. The van der Waals surface area contributed by atoms with Crippen molar-refractivity contribution in [3.05, 3.63) is 64.4 Å². The summed E-state index contributed by atoms with van der Waals surface area (Å²) in [5.41, 5.74) is 4.10. The van der Waals surface area contributed by atoms with Crippen molar-refractivity contribution in [2.75, 3.05) is 10.6 Å². The van der Waals surface area contributed by atoms with Crippen LogP contribution in [0.15, 0.2) is 41.9 Å². The van der Waals surface area contributed by atoms with Gasteiger partial charge in [-0.25, -0.2) is 9.97 Å². The highest BCUT2D eigenvalue weighted by Gasteiger charge is 2.28. The summed E-state index contributed by atoms with van der Waals surface area (Å²) in [7, 11) is 1.84. The molecular weight excluding hydrogens is 412 g/mol. The number of hydrogen-bond donors (Lipinski definition) is 2. The third kappa shape index (κ3) is 3.79. The molecule has 1 saturated carbocycles. The molecule has 31 heavy (non-hydrogen) atoms. The number of aromatic nitrogens is 4. The number of fused-ring (bicyclic) bond motifs is 1. The zero-order valence-corrected chi connectivity index (χ0v) is 17.9. The first kappa shape index (κ1) is 19.4. The van der Waals surface area contributed by atoms with Gasteiger partial charge in [0.2, 0.25) is 0 Å². The Morgan fingerprint density at radius 3 is 2.58 bits per heavy atom. The van der Waals surface area contributed by atoms with Crippen molar-refractivity contribution < 1.29 is 9.59 Å². The van der Waals surface area contributed by atoms with Gasteiger partial charge in [-0.3, -0.25) is 19.6 Å². The molecule has 1 aliphatic carbocycles. The number of anilines is 2. The number of thiazole rings is 1. The second-order valence-corrected chi connectivity index (χ2v) is 8.49. The molecule has 2 N–H and O–H groups in total. The Balaban J connectivity index is 1.39. The fourth-order valence-corrected chi connectivity index (χ4v) is 4.11. The van der Waals surface area contributed by atoms with Crippen molar-refractivity contribution in [2.24, 2.45) is 7.05 Å². The van der Waals surface area contributed by atoms with Crippen LogP contribution in [0.4, 0.5) is 10.8 Å². The highest BCUT2D eigenvalue weighted by molar-refractivity contribution is 7.13. The maximum absolute atomic E-state index is 13.2. The fourth-order valence-electron chi connectivity index (χ4n) is 3.59. The molecular formula is C22H20N6O2S. The van der Waals surface area contributed by atoms with Crippen molar-refractivity contribution in [2.45, 2.75) is 25.7 Å². The molecule has 5 rings (SSSR count). The van der Waals surface area contributed by atoms with Crippen LogP contribution in [0.2, 0.25) is 0 Å². The number of amides is 2. The average Bonchev–Trinajstić information content (AvgIpc) is 3.42. The summed E-state index contributed by atoms with van der Waals surface area (Å²) in [5.74, 6) is -0.0455. The molecule has 0 atom stereocenters. The molecule has 2 amide bonds. The summed E-state index contributed by atoms with van der Waals surface area (Å²) in [6.07, 6.45) is 3.83. The first-order valence-electron chi connectivity index (χ1n) is 9.96. The lowest BCUT2D eigenvalue weighted by Gasteiger charge is -2.10.